The largest absolute Gasteiger partial charge is 0.462 e. The highest BCUT2D eigenvalue weighted by molar-refractivity contribution is 14.1. The van der Waals surface area contributed by atoms with Gasteiger partial charge in [-0.2, -0.15) is 0 Å². The molecule has 0 aliphatic carbocycles. The number of nitrogens with zero attached hydrogens (tertiary/aromatic N) is 1. The van der Waals surface area contributed by atoms with E-state index in [0.717, 1.165) is 18.9 Å². The van der Waals surface area contributed by atoms with Crippen molar-refractivity contribution in [2.24, 2.45) is 5.84 Å². The fourth-order valence-electron chi connectivity index (χ4n) is 1.75. The molecule has 0 spiro atoms. The minimum Gasteiger partial charge on any atom is -0.462 e. The first kappa shape index (κ1) is 14.5. The third-order valence-electron chi connectivity index (χ3n) is 2.56. The van der Waals surface area contributed by atoms with Crippen LogP contribution in [0.25, 0.3) is 10.9 Å². The van der Waals surface area contributed by atoms with Gasteiger partial charge in [-0.3, -0.25) is 10.8 Å². The first-order valence-corrected chi connectivity index (χ1v) is 7.37. The predicted molar refractivity (Wildman–Crippen MR) is 85.9 cm³/mol. The number of hydrogen-bond donors (Lipinski definition) is 2. The molecule has 2 rings (SSSR count). The number of nitrogens with two attached hydrogens (primary N) is 1. The maximum atomic E-state index is 11.9. The number of nitrogens with one attached hydrogen (secondary N) is 1. The number of carbonyl (C=O) groups excluding carboxylic acids is 1. The third kappa shape index (κ3) is 2.67. The molecular weight excluding hydrogens is 425 g/mol. The Morgan fingerprint density at radius 1 is 1.58 bits per heavy atom. The fraction of sp³-hybridized carbons (Fsp3) is 0.167. The minimum atomic E-state index is -0.449. The summed E-state index contributed by atoms with van der Waals surface area (Å²) in [7, 11) is 0. The zero-order valence-corrected chi connectivity index (χ0v) is 13.8. The Bertz CT molecular complexity index is 648. The van der Waals surface area contributed by atoms with Gasteiger partial charge < -0.3 is 10.2 Å². The van der Waals surface area contributed by atoms with Gasteiger partial charge in [-0.15, -0.1) is 0 Å². The van der Waals surface area contributed by atoms with E-state index < -0.39 is 5.97 Å². The molecule has 1 heterocycles. The van der Waals surface area contributed by atoms with E-state index in [1.165, 1.54) is 6.20 Å². The van der Waals surface area contributed by atoms with Gasteiger partial charge in [0.15, 0.2) is 0 Å². The molecule has 7 heteroatoms. The van der Waals surface area contributed by atoms with Crippen LogP contribution in [0, 0.1) is 3.57 Å². The summed E-state index contributed by atoms with van der Waals surface area (Å²) in [6.45, 7) is 2.05. The number of nitrogen functional groups attached to an aromatic ring is 1. The van der Waals surface area contributed by atoms with Crippen LogP contribution in [0.15, 0.2) is 22.8 Å². The number of aromatic nitrogens is 1. The lowest BCUT2D eigenvalue weighted by atomic mass is 10.1. The van der Waals surface area contributed by atoms with Crippen molar-refractivity contribution in [1.82, 2.24) is 4.98 Å². The summed E-state index contributed by atoms with van der Waals surface area (Å²) in [6.07, 6.45) is 1.48. The first-order chi connectivity index (χ1) is 9.10. The minimum absolute atomic E-state index is 0.300. The second kappa shape index (κ2) is 6.02. The number of hydrogen-bond acceptors (Lipinski definition) is 5. The Balaban J connectivity index is 2.76. The average Bonchev–Trinajstić information content (AvgIpc) is 2.41. The van der Waals surface area contributed by atoms with Crippen LogP contribution in [0.1, 0.15) is 17.3 Å². The van der Waals surface area contributed by atoms with Gasteiger partial charge in [-0.1, -0.05) is 15.9 Å². The summed E-state index contributed by atoms with van der Waals surface area (Å²) >= 11 is 5.64. The van der Waals surface area contributed by atoms with Gasteiger partial charge in [0.05, 0.1) is 17.8 Å². The van der Waals surface area contributed by atoms with E-state index in [2.05, 4.69) is 48.9 Å². The number of esters is 1. The molecule has 0 unspecified atom stereocenters. The molecule has 0 aliphatic heterocycles. The van der Waals surface area contributed by atoms with Crippen molar-refractivity contribution in [3.8, 4) is 0 Å². The quantitative estimate of drug-likeness (QED) is 0.335. The highest BCUT2D eigenvalue weighted by atomic mass is 127. The average molecular weight is 436 g/mol. The van der Waals surface area contributed by atoms with E-state index in [-0.39, 0.29) is 0 Å². The maximum Gasteiger partial charge on any atom is 0.341 e. The number of rotatable bonds is 3. The van der Waals surface area contributed by atoms with Crippen molar-refractivity contribution in [1.29, 1.82) is 0 Å². The molecule has 0 radical (unpaired) electrons. The molecule has 1 aromatic heterocycles. The normalized spacial score (nSPS) is 10.5. The molecule has 0 amide bonds. The van der Waals surface area contributed by atoms with Crippen LogP contribution in [0.2, 0.25) is 0 Å². The van der Waals surface area contributed by atoms with Gasteiger partial charge in [0, 0.05) is 19.6 Å². The maximum absolute atomic E-state index is 11.9. The topological polar surface area (TPSA) is 77.2 Å². The van der Waals surface area contributed by atoms with E-state index in [4.69, 9.17) is 10.6 Å². The Morgan fingerprint density at radius 2 is 2.32 bits per heavy atom. The molecular formula is C12H11BrIN3O2. The number of halogens is 2. The van der Waals surface area contributed by atoms with Crippen LogP contribution in [0.4, 0.5) is 5.69 Å². The standard InChI is InChI=1S/C12H11BrIN3O2/c1-2-19-12(18)6-5-16-11-8(14)4-3-7(13)9(11)10(6)17-15/h3-5H,2,15H2,1H3,(H,16,17). The molecule has 2 aromatic rings. The van der Waals surface area contributed by atoms with Crippen molar-refractivity contribution in [3.05, 3.63) is 31.9 Å². The van der Waals surface area contributed by atoms with Crippen LogP contribution < -0.4 is 11.3 Å². The zero-order chi connectivity index (χ0) is 14.0. The van der Waals surface area contributed by atoms with Gasteiger partial charge >= 0.3 is 5.97 Å². The Labute approximate surface area is 132 Å². The summed E-state index contributed by atoms with van der Waals surface area (Å²) in [5.41, 5.74) is 4.17. The highest BCUT2D eigenvalue weighted by Crippen LogP contribution is 2.34. The smallest absolute Gasteiger partial charge is 0.341 e. The molecule has 3 N–H and O–H groups in total. The first-order valence-electron chi connectivity index (χ1n) is 5.50. The third-order valence-corrected chi connectivity index (χ3v) is 4.09. The molecule has 0 saturated carbocycles. The van der Waals surface area contributed by atoms with Crippen LogP contribution in [0.3, 0.4) is 0 Å². The lowest BCUT2D eigenvalue weighted by Gasteiger charge is -2.13. The van der Waals surface area contributed by atoms with E-state index >= 15 is 0 Å². The lowest BCUT2D eigenvalue weighted by molar-refractivity contribution is 0.0527. The van der Waals surface area contributed by atoms with Gasteiger partial charge in [0.1, 0.15) is 5.56 Å². The summed E-state index contributed by atoms with van der Waals surface area (Å²) in [6, 6.07) is 3.83. The van der Waals surface area contributed by atoms with Gasteiger partial charge in [0.2, 0.25) is 0 Å². The van der Waals surface area contributed by atoms with E-state index in [0.29, 0.717) is 17.9 Å². The van der Waals surface area contributed by atoms with Crippen LogP contribution >= 0.6 is 38.5 Å². The molecule has 0 fully saturated rings. The monoisotopic (exact) mass is 435 g/mol. The second-order valence-corrected chi connectivity index (χ2v) is 5.68. The lowest BCUT2D eigenvalue weighted by Crippen LogP contribution is -2.15. The molecule has 1 aromatic carbocycles. The predicted octanol–water partition coefficient (Wildman–Crippen LogP) is 3.06. The molecule has 5 nitrogen and oxygen atoms in total. The molecule has 100 valence electrons. The Morgan fingerprint density at radius 3 is 2.95 bits per heavy atom. The molecule has 0 atom stereocenters. The zero-order valence-electron chi connectivity index (χ0n) is 10.0. The summed E-state index contributed by atoms with van der Waals surface area (Å²) in [4.78, 5) is 16.2. The number of carbonyl (C=O) groups is 1. The van der Waals surface area contributed by atoms with E-state index in [1.807, 2.05) is 12.1 Å². The van der Waals surface area contributed by atoms with Gasteiger partial charge in [-0.25, -0.2) is 4.79 Å². The highest BCUT2D eigenvalue weighted by Gasteiger charge is 2.18. The number of ether oxygens (including phenoxy) is 1. The molecule has 0 saturated heterocycles. The summed E-state index contributed by atoms with van der Waals surface area (Å²) in [5, 5.41) is 0.764. The van der Waals surface area contributed by atoms with Crippen molar-refractivity contribution in [3.63, 3.8) is 0 Å². The van der Waals surface area contributed by atoms with Crippen molar-refractivity contribution >= 4 is 61.1 Å². The second-order valence-electron chi connectivity index (χ2n) is 3.66. The van der Waals surface area contributed by atoms with Gasteiger partial charge in [0.25, 0.3) is 0 Å². The fourth-order valence-corrected chi connectivity index (χ4v) is 2.85. The van der Waals surface area contributed by atoms with Crippen molar-refractivity contribution < 1.29 is 9.53 Å². The summed E-state index contributed by atoms with van der Waals surface area (Å²) in [5.74, 6) is 5.11. The number of hydrazine groups is 1. The number of anilines is 1. The SMILES string of the molecule is CCOC(=O)c1cnc2c(I)ccc(Br)c2c1NN. The number of pyridine rings is 1. The van der Waals surface area contributed by atoms with Crippen LogP contribution in [-0.2, 0) is 4.74 Å². The molecule has 0 aliphatic rings. The van der Waals surface area contributed by atoms with Crippen molar-refractivity contribution in [2.45, 2.75) is 6.92 Å². The Kier molecular flexibility index (Phi) is 4.58. The van der Waals surface area contributed by atoms with E-state index in [1.54, 1.807) is 6.92 Å². The van der Waals surface area contributed by atoms with Crippen LogP contribution in [-0.4, -0.2) is 17.6 Å². The molecule has 19 heavy (non-hydrogen) atoms. The van der Waals surface area contributed by atoms with Gasteiger partial charge in [-0.05, 0) is 41.6 Å². The Hall–Kier alpha value is -0.930. The summed E-state index contributed by atoms with van der Waals surface area (Å²) < 4.78 is 6.79. The number of benzene rings is 1. The number of fused-ring (bicyclic) bond motifs is 1. The van der Waals surface area contributed by atoms with Crippen LogP contribution in [0.5, 0.6) is 0 Å². The van der Waals surface area contributed by atoms with Crippen molar-refractivity contribution in [2.75, 3.05) is 12.0 Å². The van der Waals surface area contributed by atoms with E-state index in [9.17, 15) is 4.79 Å². The molecule has 0 bridgehead atoms.